The van der Waals surface area contributed by atoms with Gasteiger partial charge in [-0.1, -0.05) is 0 Å². The number of hydrogen-bond donors (Lipinski definition) is 2. The number of hydrogen-bond acceptors (Lipinski definition) is 3. The van der Waals surface area contributed by atoms with Crippen LogP contribution in [0.15, 0.2) is 11.6 Å². The summed E-state index contributed by atoms with van der Waals surface area (Å²) in [5.74, 6) is -2.58. The Bertz CT molecular complexity index is 218. The Hall–Kier alpha value is -1.36. The van der Waals surface area contributed by atoms with Gasteiger partial charge in [-0.05, 0) is 6.92 Å². The highest BCUT2D eigenvalue weighted by Gasteiger charge is 2.16. The molecular weight excluding hydrogens is 164 g/mol. The highest BCUT2D eigenvalue weighted by molar-refractivity contribution is 5.95. The van der Waals surface area contributed by atoms with Crippen LogP contribution in [0.1, 0.15) is 6.92 Å². The van der Waals surface area contributed by atoms with E-state index in [1.807, 2.05) is 0 Å². The molecule has 0 saturated heterocycles. The summed E-state index contributed by atoms with van der Waals surface area (Å²) in [5.41, 5.74) is -0.273. The molecule has 12 heavy (non-hydrogen) atoms. The summed E-state index contributed by atoms with van der Waals surface area (Å²) >= 11 is 0. The van der Waals surface area contributed by atoms with Gasteiger partial charge in [-0.3, -0.25) is 0 Å². The van der Waals surface area contributed by atoms with Crippen molar-refractivity contribution in [2.75, 3.05) is 7.11 Å². The van der Waals surface area contributed by atoms with Crippen LogP contribution in [-0.4, -0.2) is 35.4 Å². The van der Waals surface area contributed by atoms with Crippen LogP contribution in [0.5, 0.6) is 0 Å². The van der Waals surface area contributed by atoms with Crippen molar-refractivity contribution in [2.45, 2.75) is 13.0 Å². The lowest BCUT2D eigenvalue weighted by atomic mass is 10.1. The van der Waals surface area contributed by atoms with Crippen molar-refractivity contribution >= 4 is 11.9 Å². The zero-order chi connectivity index (χ0) is 9.72. The molecule has 0 bridgehead atoms. The summed E-state index contributed by atoms with van der Waals surface area (Å²) in [6.07, 6.45) is -0.102. The summed E-state index contributed by atoms with van der Waals surface area (Å²) in [5, 5.41) is 16.8. The molecule has 0 saturated carbocycles. The van der Waals surface area contributed by atoms with E-state index in [4.69, 9.17) is 10.2 Å². The zero-order valence-electron chi connectivity index (χ0n) is 6.77. The molecule has 0 aliphatic heterocycles. The average molecular weight is 174 g/mol. The van der Waals surface area contributed by atoms with Gasteiger partial charge in [0.1, 0.15) is 0 Å². The van der Waals surface area contributed by atoms with Crippen molar-refractivity contribution in [3.8, 4) is 0 Å². The molecule has 0 aliphatic rings. The SMILES string of the molecule is COC(C)C(=CC(=O)O)C(=O)O. The molecule has 0 rings (SSSR count). The first-order valence-corrected chi connectivity index (χ1v) is 3.19. The third kappa shape index (κ3) is 3.16. The summed E-state index contributed by atoms with van der Waals surface area (Å²) in [4.78, 5) is 20.6. The van der Waals surface area contributed by atoms with Crippen molar-refractivity contribution < 1.29 is 24.5 Å². The molecule has 68 valence electrons. The average Bonchev–Trinajstić information content (AvgIpc) is 1.98. The Balaban J connectivity index is 4.66. The van der Waals surface area contributed by atoms with E-state index in [0.29, 0.717) is 6.08 Å². The lowest BCUT2D eigenvalue weighted by Crippen LogP contribution is -2.18. The van der Waals surface area contributed by atoms with Crippen LogP contribution in [0.2, 0.25) is 0 Å². The van der Waals surface area contributed by atoms with Gasteiger partial charge in [0, 0.05) is 13.2 Å². The minimum absolute atomic E-state index is 0.273. The second-order valence-corrected chi connectivity index (χ2v) is 2.12. The molecule has 1 unspecified atom stereocenters. The van der Waals surface area contributed by atoms with Gasteiger partial charge in [-0.25, -0.2) is 9.59 Å². The summed E-state index contributed by atoms with van der Waals surface area (Å²) in [7, 11) is 1.31. The smallest absolute Gasteiger partial charge is 0.334 e. The van der Waals surface area contributed by atoms with Crippen LogP contribution >= 0.6 is 0 Å². The van der Waals surface area contributed by atoms with Gasteiger partial charge in [0.2, 0.25) is 0 Å². The van der Waals surface area contributed by atoms with Crippen LogP contribution in [0, 0.1) is 0 Å². The topological polar surface area (TPSA) is 83.8 Å². The number of aliphatic carboxylic acids is 2. The summed E-state index contributed by atoms with van der Waals surface area (Å²) < 4.78 is 4.66. The molecule has 0 aromatic heterocycles. The Labute approximate surface area is 69.3 Å². The maximum atomic E-state index is 10.4. The molecule has 0 amide bonds. The molecule has 5 heteroatoms. The molecule has 0 aromatic carbocycles. The largest absolute Gasteiger partial charge is 0.478 e. The van der Waals surface area contributed by atoms with E-state index in [2.05, 4.69) is 4.74 Å². The number of ether oxygens (including phenoxy) is 1. The normalized spacial score (nSPS) is 14.0. The van der Waals surface area contributed by atoms with Crippen LogP contribution in [0.25, 0.3) is 0 Å². The second-order valence-electron chi connectivity index (χ2n) is 2.12. The first-order chi connectivity index (χ1) is 5.49. The minimum Gasteiger partial charge on any atom is -0.478 e. The van der Waals surface area contributed by atoms with Gasteiger partial charge < -0.3 is 14.9 Å². The Morgan fingerprint density at radius 2 is 1.92 bits per heavy atom. The highest BCUT2D eigenvalue weighted by Crippen LogP contribution is 2.05. The maximum Gasteiger partial charge on any atom is 0.334 e. The monoisotopic (exact) mass is 174 g/mol. The van der Waals surface area contributed by atoms with Crippen LogP contribution < -0.4 is 0 Å². The van der Waals surface area contributed by atoms with E-state index >= 15 is 0 Å². The third-order valence-electron chi connectivity index (χ3n) is 1.32. The molecule has 1 atom stereocenters. The summed E-state index contributed by atoms with van der Waals surface area (Å²) in [6.45, 7) is 1.46. The lowest BCUT2D eigenvalue weighted by molar-refractivity contribution is -0.136. The number of carboxylic acids is 2. The minimum atomic E-state index is -1.30. The van der Waals surface area contributed by atoms with E-state index < -0.39 is 18.0 Å². The molecular formula is C7H10O5. The molecule has 0 heterocycles. The summed E-state index contributed by atoms with van der Waals surface area (Å²) in [6, 6.07) is 0. The van der Waals surface area contributed by atoms with E-state index in [-0.39, 0.29) is 5.57 Å². The van der Waals surface area contributed by atoms with Gasteiger partial charge in [0.05, 0.1) is 11.7 Å². The number of carbonyl (C=O) groups is 2. The van der Waals surface area contributed by atoms with E-state index in [9.17, 15) is 9.59 Å². The molecule has 0 radical (unpaired) electrons. The van der Waals surface area contributed by atoms with Crippen molar-refractivity contribution in [1.82, 2.24) is 0 Å². The lowest BCUT2D eigenvalue weighted by Gasteiger charge is -2.08. The predicted molar refractivity (Wildman–Crippen MR) is 39.8 cm³/mol. The molecule has 0 fully saturated rings. The van der Waals surface area contributed by atoms with Gasteiger partial charge in [0.15, 0.2) is 0 Å². The third-order valence-corrected chi connectivity index (χ3v) is 1.32. The zero-order valence-corrected chi connectivity index (χ0v) is 6.77. The van der Waals surface area contributed by atoms with Gasteiger partial charge in [-0.2, -0.15) is 0 Å². The van der Waals surface area contributed by atoms with Gasteiger partial charge >= 0.3 is 11.9 Å². The van der Waals surface area contributed by atoms with Gasteiger partial charge in [-0.15, -0.1) is 0 Å². The second kappa shape index (κ2) is 4.50. The molecule has 2 N–H and O–H groups in total. The van der Waals surface area contributed by atoms with E-state index in [0.717, 1.165) is 0 Å². The van der Waals surface area contributed by atoms with Crippen LogP contribution in [-0.2, 0) is 14.3 Å². The van der Waals surface area contributed by atoms with Crippen molar-refractivity contribution in [2.24, 2.45) is 0 Å². The Morgan fingerprint density at radius 3 is 2.17 bits per heavy atom. The van der Waals surface area contributed by atoms with Crippen molar-refractivity contribution in [1.29, 1.82) is 0 Å². The number of methoxy groups -OCH3 is 1. The predicted octanol–water partition coefficient (Wildman–Crippen LogP) is 0.117. The van der Waals surface area contributed by atoms with Crippen LogP contribution in [0.3, 0.4) is 0 Å². The van der Waals surface area contributed by atoms with Crippen molar-refractivity contribution in [3.63, 3.8) is 0 Å². The van der Waals surface area contributed by atoms with E-state index in [1.165, 1.54) is 14.0 Å². The number of rotatable bonds is 4. The Kier molecular flexibility index (Phi) is 3.99. The fourth-order valence-electron chi connectivity index (χ4n) is 0.613. The number of carboxylic acid groups (broad SMARTS) is 2. The quantitative estimate of drug-likeness (QED) is 0.591. The first kappa shape index (κ1) is 10.6. The Morgan fingerprint density at radius 1 is 1.42 bits per heavy atom. The van der Waals surface area contributed by atoms with E-state index in [1.54, 1.807) is 0 Å². The fraction of sp³-hybridized carbons (Fsp3) is 0.429. The molecule has 0 aliphatic carbocycles. The fourth-order valence-corrected chi connectivity index (χ4v) is 0.613. The highest BCUT2D eigenvalue weighted by atomic mass is 16.5. The molecule has 5 nitrogen and oxygen atoms in total. The molecule has 0 aromatic rings. The van der Waals surface area contributed by atoms with Crippen LogP contribution in [0.4, 0.5) is 0 Å². The van der Waals surface area contributed by atoms with Gasteiger partial charge in [0.25, 0.3) is 0 Å². The first-order valence-electron chi connectivity index (χ1n) is 3.19. The van der Waals surface area contributed by atoms with Crippen molar-refractivity contribution in [3.05, 3.63) is 11.6 Å². The standard InChI is InChI=1S/C7H10O5/c1-4(12-2)5(7(10)11)3-6(8)9/h3-4H,1-2H3,(H,8,9)(H,10,11). The maximum absolute atomic E-state index is 10.4. The molecule has 0 spiro atoms.